The first-order valence-electron chi connectivity index (χ1n) is 7.53. The average molecular weight is 369 g/mol. The number of rotatable bonds is 4. The maximum atomic E-state index is 5.90. The zero-order valence-corrected chi connectivity index (χ0v) is 14.8. The van der Waals surface area contributed by atoms with Crippen molar-refractivity contribution in [3.8, 4) is 17.1 Å². The molecule has 124 valence electrons. The van der Waals surface area contributed by atoms with E-state index >= 15 is 0 Å². The van der Waals surface area contributed by atoms with Crippen LogP contribution in [-0.2, 0) is 0 Å². The van der Waals surface area contributed by atoms with Gasteiger partial charge in [-0.05, 0) is 48.0 Å². The van der Waals surface area contributed by atoms with Gasteiger partial charge in [0, 0.05) is 10.6 Å². The minimum atomic E-state index is 0.708. The Bertz CT molecular complexity index is 1040. The van der Waals surface area contributed by atoms with E-state index in [-0.39, 0.29) is 0 Å². The van der Waals surface area contributed by atoms with E-state index in [1.54, 1.807) is 11.6 Å². The predicted octanol–water partition coefficient (Wildman–Crippen LogP) is 4.69. The minimum absolute atomic E-state index is 0.708. The summed E-state index contributed by atoms with van der Waals surface area (Å²) in [5, 5.41) is 14.6. The number of benzene rings is 2. The predicted molar refractivity (Wildman–Crippen MR) is 101 cm³/mol. The Balaban J connectivity index is 1.64. The Kier molecular flexibility index (Phi) is 4.21. The Hall–Kier alpha value is -2.70. The highest BCUT2D eigenvalue weighted by Gasteiger charge is 2.12. The molecule has 0 fully saturated rings. The fourth-order valence-corrected chi connectivity index (χ4v) is 3.23. The van der Waals surface area contributed by atoms with Gasteiger partial charge in [0.25, 0.3) is 0 Å². The van der Waals surface area contributed by atoms with Crippen molar-refractivity contribution in [2.24, 2.45) is 0 Å². The van der Waals surface area contributed by atoms with E-state index in [4.69, 9.17) is 16.3 Å². The highest BCUT2D eigenvalue weighted by molar-refractivity contribution is 7.17. The lowest BCUT2D eigenvalue weighted by Crippen LogP contribution is -1.91. The topological polar surface area (TPSA) is 52.3 Å². The van der Waals surface area contributed by atoms with Crippen LogP contribution in [0.3, 0.4) is 0 Å². The fraction of sp³-hybridized carbons (Fsp3) is 0.0556. The van der Waals surface area contributed by atoms with E-state index in [1.165, 1.54) is 11.3 Å². The smallest absolute Gasteiger partial charge is 0.235 e. The maximum Gasteiger partial charge on any atom is 0.235 e. The molecule has 25 heavy (non-hydrogen) atoms. The third-order valence-corrected chi connectivity index (χ3v) is 4.76. The van der Waals surface area contributed by atoms with Gasteiger partial charge in [0.05, 0.1) is 7.11 Å². The monoisotopic (exact) mass is 368 g/mol. The third-order valence-electron chi connectivity index (χ3n) is 3.64. The van der Waals surface area contributed by atoms with Gasteiger partial charge in [-0.25, -0.2) is 0 Å². The molecule has 2 heterocycles. The third kappa shape index (κ3) is 3.26. The molecular weight excluding hydrogens is 356 g/mol. The largest absolute Gasteiger partial charge is 0.497 e. The van der Waals surface area contributed by atoms with Crippen molar-refractivity contribution in [2.75, 3.05) is 7.11 Å². The molecule has 0 amide bonds. The second-order valence-electron chi connectivity index (χ2n) is 5.27. The van der Waals surface area contributed by atoms with Crippen LogP contribution in [0, 0.1) is 0 Å². The van der Waals surface area contributed by atoms with Crippen LogP contribution in [0.1, 0.15) is 10.6 Å². The quantitative estimate of drug-likeness (QED) is 0.524. The first-order valence-corrected chi connectivity index (χ1v) is 8.73. The number of methoxy groups -OCH3 is 1. The van der Waals surface area contributed by atoms with Gasteiger partial charge >= 0.3 is 0 Å². The molecule has 0 saturated heterocycles. The summed E-state index contributed by atoms with van der Waals surface area (Å²) < 4.78 is 6.94. The van der Waals surface area contributed by atoms with Gasteiger partial charge in [0.15, 0.2) is 5.82 Å². The molecule has 4 rings (SSSR count). The highest BCUT2D eigenvalue weighted by atomic mass is 35.5. The Morgan fingerprint density at radius 1 is 1.00 bits per heavy atom. The summed E-state index contributed by atoms with van der Waals surface area (Å²) in [6, 6.07) is 15.3. The van der Waals surface area contributed by atoms with Crippen LogP contribution in [0.4, 0.5) is 0 Å². The van der Waals surface area contributed by atoms with Crippen LogP contribution in [0.15, 0.2) is 48.5 Å². The van der Waals surface area contributed by atoms with Crippen molar-refractivity contribution in [3.63, 3.8) is 0 Å². The van der Waals surface area contributed by atoms with Crippen LogP contribution in [0.25, 0.3) is 28.5 Å². The van der Waals surface area contributed by atoms with Crippen molar-refractivity contribution < 1.29 is 4.74 Å². The van der Waals surface area contributed by atoms with E-state index in [2.05, 4.69) is 15.3 Å². The Morgan fingerprint density at radius 2 is 1.76 bits per heavy atom. The molecule has 0 spiro atoms. The normalized spacial score (nSPS) is 11.4. The zero-order valence-electron chi connectivity index (χ0n) is 13.3. The van der Waals surface area contributed by atoms with Crippen molar-refractivity contribution in [1.29, 1.82) is 0 Å². The molecule has 2 aromatic heterocycles. The highest BCUT2D eigenvalue weighted by Crippen LogP contribution is 2.24. The minimum Gasteiger partial charge on any atom is -0.497 e. The summed E-state index contributed by atoms with van der Waals surface area (Å²) in [5.74, 6) is 1.51. The fourth-order valence-electron chi connectivity index (χ4n) is 2.36. The number of ether oxygens (including phenoxy) is 1. The van der Waals surface area contributed by atoms with Gasteiger partial charge in [0.1, 0.15) is 10.8 Å². The molecule has 7 heteroatoms. The van der Waals surface area contributed by atoms with Crippen LogP contribution < -0.4 is 4.74 Å². The van der Waals surface area contributed by atoms with Crippen molar-refractivity contribution in [3.05, 3.63) is 64.1 Å². The van der Waals surface area contributed by atoms with Crippen LogP contribution in [-0.4, -0.2) is 26.9 Å². The van der Waals surface area contributed by atoms with Gasteiger partial charge in [-0.3, -0.25) is 0 Å². The lowest BCUT2D eigenvalue weighted by Gasteiger charge is -2.00. The summed E-state index contributed by atoms with van der Waals surface area (Å²) in [6.45, 7) is 0. The summed E-state index contributed by atoms with van der Waals surface area (Å²) in [5.41, 5.74) is 2.00. The summed E-state index contributed by atoms with van der Waals surface area (Å²) in [6.07, 6.45) is 3.95. The van der Waals surface area contributed by atoms with E-state index in [0.29, 0.717) is 5.82 Å². The standard InChI is InChI=1S/C18H13ClN4OS/c1-24-15-9-5-13(6-10-15)17-20-21-18-23(17)22-16(25-18)11-4-12-2-7-14(19)8-3-12/h2-11H,1H3. The van der Waals surface area contributed by atoms with Crippen molar-refractivity contribution >= 4 is 40.1 Å². The number of halogens is 1. The van der Waals surface area contributed by atoms with Crippen LogP contribution in [0.5, 0.6) is 5.75 Å². The first-order chi connectivity index (χ1) is 12.2. The van der Waals surface area contributed by atoms with Gasteiger partial charge in [-0.15, -0.1) is 10.2 Å². The van der Waals surface area contributed by atoms with Gasteiger partial charge in [-0.2, -0.15) is 9.61 Å². The maximum absolute atomic E-state index is 5.90. The molecule has 0 bridgehead atoms. The Morgan fingerprint density at radius 3 is 2.48 bits per heavy atom. The molecule has 0 aliphatic heterocycles. The summed E-state index contributed by atoms with van der Waals surface area (Å²) in [4.78, 5) is 0.751. The number of hydrogen-bond acceptors (Lipinski definition) is 5. The van der Waals surface area contributed by atoms with Crippen molar-refractivity contribution in [2.45, 2.75) is 0 Å². The van der Waals surface area contributed by atoms with E-state index in [9.17, 15) is 0 Å². The van der Waals surface area contributed by atoms with Gasteiger partial charge in [-0.1, -0.05) is 41.1 Å². The first kappa shape index (κ1) is 15.8. The zero-order chi connectivity index (χ0) is 17.2. The molecule has 0 atom stereocenters. The molecule has 0 unspecified atom stereocenters. The Labute approximate surface area is 153 Å². The molecule has 0 saturated carbocycles. The molecular formula is C18H13ClN4OS. The van der Waals surface area contributed by atoms with Gasteiger partial charge in [0.2, 0.25) is 4.96 Å². The molecule has 0 radical (unpaired) electrons. The van der Waals surface area contributed by atoms with E-state index in [0.717, 1.165) is 31.9 Å². The number of nitrogens with zero attached hydrogens (tertiary/aromatic N) is 4. The number of fused-ring (bicyclic) bond motifs is 1. The van der Waals surface area contributed by atoms with Crippen molar-refractivity contribution in [1.82, 2.24) is 19.8 Å². The van der Waals surface area contributed by atoms with Crippen LogP contribution >= 0.6 is 22.9 Å². The molecule has 5 nitrogen and oxygen atoms in total. The second kappa shape index (κ2) is 6.66. The molecule has 0 aliphatic carbocycles. The lowest BCUT2D eigenvalue weighted by molar-refractivity contribution is 0.415. The average Bonchev–Trinajstić information content (AvgIpc) is 3.21. The molecule has 0 aliphatic rings. The van der Waals surface area contributed by atoms with E-state index < -0.39 is 0 Å². The van der Waals surface area contributed by atoms with Crippen LogP contribution in [0.2, 0.25) is 5.02 Å². The van der Waals surface area contributed by atoms with E-state index in [1.807, 2.05) is 60.7 Å². The number of aromatic nitrogens is 4. The molecule has 2 aromatic carbocycles. The molecule has 4 aromatic rings. The van der Waals surface area contributed by atoms with Gasteiger partial charge < -0.3 is 4.74 Å². The number of hydrogen-bond donors (Lipinski definition) is 0. The second-order valence-corrected chi connectivity index (χ2v) is 6.70. The molecule has 0 N–H and O–H groups in total. The summed E-state index contributed by atoms with van der Waals surface area (Å²) >= 11 is 7.39. The lowest BCUT2D eigenvalue weighted by atomic mass is 10.2. The summed E-state index contributed by atoms with van der Waals surface area (Å²) in [7, 11) is 1.64. The SMILES string of the molecule is COc1ccc(-c2nnc3sc(C=Cc4ccc(Cl)cc4)nn23)cc1.